The lowest BCUT2D eigenvalue weighted by molar-refractivity contribution is -0.385. The molecule has 0 fully saturated rings. The molecule has 110 valence electrons. The van der Waals surface area contributed by atoms with Crippen LogP contribution in [0.25, 0.3) is 0 Å². The van der Waals surface area contributed by atoms with Gasteiger partial charge in [0.25, 0.3) is 11.6 Å². The molecule has 0 aromatic heterocycles. The highest BCUT2D eigenvalue weighted by Crippen LogP contribution is 2.26. The number of nitrogens with one attached hydrogen (secondary N) is 1. The predicted molar refractivity (Wildman–Crippen MR) is 75.9 cm³/mol. The van der Waals surface area contributed by atoms with Gasteiger partial charge in [0.1, 0.15) is 5.75 Å². The summed E-state index contributed by atoms with van der Waals surface area (Å²) in [5, 5.41) is 13.5. The normalized spacial score (nSPS) is 10.1. The first kappa shape index (κ1) is 15.9. The molecular weight excluding hydrogens is 260 g/mol. The van der Waals surface area contributed by atoms with Crippen molar-refractivity contribution < 1.29 is 14.5 Å². The van der Waals surface area contributed by atoms with E-state index in [-0.39, 0.29) is 18.2 Å². The summed E-state index contributed by atoms with van der Waals surface area (Å²) in [4.78, 5) is 21.9. The van der Waals surface area contributed by atoms with Gasteiger partial charge in [-0.05, 0) is 19.4 Å². The summed E-state index contributed by atoms with van der Waals surface area (Å²) in [5.74, 6) is 0.148. The molecule has 0 saturated carbocycles. The zero-order valence-electron chi connectivity index (χ0n) is 11.8. The Labute approximate surface area is 118 Å². The van der Waals surface area contributed by atoms with Gasteiger partial charge in [-0.15, -0.1) is 0 Å². The van der Waals surface area contributed by atoms with Crippen LogP contribution in [0.3, 0.4) is 0 Å². The second-order valence-electron chi connectivity index (χ2n) is 4.50. The molecule has 1 aromatic rings. The minimum atomic E-state index is -0.465. The standard InChI is InChI=1S/C14H20N2O4/c1-3-4-5-9-15-14(17)10-20-13-8-6-7-12(11(13)2)16(18)19/h6-8H,3-5,9-10H2,1-2H3,(H,15,17). The molecule has 6 nitrogen and oxygen atoms in total. The van der Waals surface area contributed by atoms with Gasteiger partial charge in [0.15, 0.2) is 6.61 Å². The quantitative estimate of drug-likeness (QED) is 0.451. The number of hydrogen-bond acceptors (Lipinski definition) is 4. The van der Waals surface area contributed by atoms with Crippen LogP contribution in [0.1, 0.15) is 31.7 Å². The van der Waals surface area contributed by atoms with Gasteiger partial charge in [0, 0.05) is 12.6 Å². The molecule has 1 aromatic carbocycles. The lowest BCUT2D eigenvalue weighted by Crippen LogP contribution is -2.29. The summed E-state index contributed by atoms with van der Waals surface area (Å²) in [6.07, 6.45) is 3.11. The van der Waals surface area contributed by atoms with Crippen LogP contribution in [0.15, 0.2) is 18.2 Å². The molecule has 0 heterocycles. The Hall–Kier alpha value is -2.11. The van der Waals surface area contributed by atoms with E-state index in [1.165, 1.54) is 6.07 Å². The fourth-order valence-electron chi connectivity index (χ4n) is 1.75. The third kappa shape index (κ3) is 4.87. The van der Waals surface area contributed by atoms with Crippen LogP contribution in [0.5, 0.6) is 5.75 Å². The van der Waals surface area contributed by atoms with Crippen LogP contribution in [0.4, 0.5) is 5.69 Å². The summed E-state index contributed by atoms with van der Waals surface area (Å²) in [5.41, 5.74) is 0.419. The molecule has 0 atom stereocenters. The monoisotopic (exact) mass is 280 g/mol. The molecule has 0 radical (unpaired) electrons. The van der Waals surface area contributed by atoms with Crippen molar-refractivity contribution in [1.82, 2.24) is 5.32 Å². The Bertz CT molecular complexity index is 474. The van der Waals surface area contributed by atoms with E-state index in [2.05, 4.69) is 12.2 Å². The first-order chi connectivity index (χ1) is 9.56. The number of nitro benzene ring substituents is 1. The average molecular weight is 280 g/mol. The van der Waals surface area contributed by atoms with Gasteiger partial charge in [-0.25, -0.2) is 0 Å². The average Bonchev–Trinajstić information content (AvgIpc) is 2.42. The van der Waals surface area contributed by atoms with E-state index < -0.39 is 4.92 Å². The van der Waals surface area contributed by atoms with Gasteiger partial charge in [-0.3, -0.25) is 14.9 Å². The number of rotatable bonds is 8. The van der Waals surface area contributed by atoms with Crippen LogP contribution in [-0.2, 0) is 4.79 Å². The summed E-state index contributed by atoms with van der Waals surface area (Å²) in [6.45, 7) is 4.20. The molecule has 0 unspecified atom stereocenters. The molecule has 0 aliphatic rings. The Balaban J connectivity index is 2.47. The fraction of sp³-hybridized carbons (Fsp3) is 0.500. The van der Waals surface area contributed by atoms with Gasteiger partial charge < -0.3 is 10.1 Å². The molecule has 1 N–H and O–H groups in total. The summed E-state index contributed by atoms with van der Waals surface area (Å²) >= 11 is 0. The number of ether oxygens (including phenoxy) is 1. The number of nitro groups is 1. The summed E-state index contributed by atoms with van der Waals surface area (Å²) in [7, 11) is 0. The van der Waals surface area contributed by atoms with Crippen molar-refractivity contribution in [3.05, 3.63) is 33.9 Å². The third-order valence-electron chi connectivity index (χ3n) is 2.91. The Morgan fingerprint density at radius 3 is 2.80 bits per heavy atom. The molecule has 20 heavy (non-hydrogen) atoms. The maximum atomic E-state index is 11.5. The number of benzene rings is 1. The van der Waals surface area contributed by atoms with Crippen LogP contribution in [0.2, 0.25) is 0 Å². The van der Waals surface area contributed by atoms with Crippen LogP contribution < -0.4 is 10.1 Å². The maximum absolute atomic E-state index is 11.5. The first-order valence-corrected chi connectivity index (χ1v) is 6.69. The molecule has 0 aliphatic carbocycles. The second kappa shape index (κ2) is 8.14. The van der Waals surface area contributed by atoms with E-state index >= 15 is 0 Å². The van der Waals surface area contributed by atoms with E-state index in [1.807, 2.05) is 0 Å². The summed E-state index contributed by atoms with van der Waals surface area (Å²) in [6, 6.07) is 4.57. The molecular formula is C14H20N2O4. The van der Waals surface area contributed by atoms with Gasteiger partial charge in [-0.2, -0.15) is 0 Å². The van der Waals surface area contributed by atoms with Gasteiger partial charge in [0.05, 0.1) is 10.5 Å². The maximum Gasteiger partial charge on any atom is 0.276 e. The van der Waals surface area contributed by atoms with Gasteiger partial charge in [0.2, 0.25) is 0 Å². The molecule has 1 rings (SSSR count). The second-order valence-corrected chi connectivity index (χ2v) is 4.50. The lowest BCUT2D eigenvalue weighted by atomic mass is 10.2. The van der Waals surface area contributed by atoms with Crippen LogP contribution in [0, 0.1) is 17.0 Å². The number of unbranched alkanes of at least 4 members (excludes halogenated alkanes) is 2. The van der Waals surface area contributed by atoms with E-state index in [0.717, 1.165) is 19.3 Å². The van der Waals surface area contributed by atoms with Crippen molar-refractivity contribution in [2.24, 2.45) is 0 Å². The number of hydrogen-bond donors (Lipinski definition) is 1. The molecule has 6 heteroatoms. The molecule has 0 bridgehead atoms. The van der Waals surface area contributed by atoms with Crippen molar-refractivity contribution in [3.63, 3.8) is 0 Å². The van der Waals surface area contributed by atoms with Gasteiger partial charge in [-0.1, -0.05) is 25.8 Å². The largest absolute Gasteiger partial charge is 0.483 e. The van der Waals surface area contributed by atoms with Crippen molar-refractivity contribution >= 4 is 11.6 Å². The minimum Gasteiger partial charge on any atom is -0.483 e. The van der Waals surface area contributed by atoms with Crippen molar-refractivity contribution in [2.45, 2.75) is 33.1 Å². The third-order valence-corrected chi connectivity index (χ3v) is 2.91. The molecule has 0 saturated heterocycles. The Morgan fingerprint density at radius 1 is 1.40 bits per heavy atom. The minimum absolute atomic E-state index is 0.00847. The highest BCUT2D eigenvalue weighted by molar-refractivity contribution is 5.77. The smallest absolute Gasteiger partial charge is 0.276 e. The number of nitrogens with zero attached hydrogens (tertiary/aromatic N) is 1. The highest BCUT2D eigenvalue weighted by Gasteiger charge is 2.14. The predicted octanol–water partition coefficient (Wildman–Crippen LogP) is 2.59. The Morgan fingerprint density at radius 2 is 2.15 bits per heavy atom. The van der Waals surface area contributed by atoms with Crippen molar-refractivity contribution in [1.29, 1.82) is 0 Å². The van der Waals surface area contributed by atoms with E-state index in [0.29, 0.717) is 17.9 Å². The Kier molecular flexibility index (Phi) is 6.49. The summed E-state index contributed by atoms with van der Waals surface area (Å²) < 4.78 is 5.33. The SMILES string of the molecule is CCCCCNC(=O)COc1cccc([N+](=O)[O-])c1C. The van der Waals surface area contributed by atoms with Gasteiger partial charge >= 0.3 is 0 Å². The number of amides is 1. The van der Waals surface area contributed by atoms with E-state index in [4.69, 9.17) is 4.74 Å². The van der Waals surface area contributed by atoms with Crippen molar-refractivity contribution in [3.8, 4) is 5.75 Å². The van der Waals surface area contributed by atoms with Crippen LogP contribution >= 0.6 is 0 Å². The zero-order chi connectivity index (χ0) is 15.0. The molecule has 0 aliphatic heterocycles. The fourth-order valence-corrected chi connectivity index (χ4v) is 1.75. The zero-order valence-corrected chi connectivity index (χ0v) is 11.8. The topological polar surface area (TPSA) is 81.5 Å². The first-order valence-electron chi connectivity index (χ1n) is 6.69. The highest BCUT2D eigenvalue weighted by atomic mass is 16.6. The van der Waals surface area contributed by atoms with E-state index in [1.54, 1.807) is 19.1 Å². The molecule has 1 amide bonds. The van der Waals surface area contributed by atoms with Crippen LogP contribution in [-0.4, -0.2) is 24.0 Å². The lowest BCUT2D eigenvalue weighted by Gasteiger charge is -2.09. The number of carbonyl (C=O) groups excluding carboxylic acids is 1. The van der Waals surface area contributed by atoms with Crippen molar-refractivity contribution in [2.75, 3.05) is 13.2 Å². The molecule has 0 spiro atoms. The number of carbonyl (C=O) groups is 1. The van der Waals surface area contributed by atoms with E-state index in [9.17, 15) is 14.9 Å².